The van der Waals surface area contributed by atoms with Gasteiger partial charge < -0.3 is 0 Å². The minimum atomic E-state index is 0. The average Bonchev–Trinajstić information content (AvgIpc) is 2.29. The van der Waals surface area contributed by atoms with Crippen molar-refractivity contribution < 1.29 is 0 Å². The van der Waals surface area contributed by atoms with E-state index < -0.39 is 0 Å². The fourth-order valence-corrected chi connectivity index (χ4v) is 1.68. The molecule has 0 fully saturated rings. The van der Waals surface area contributed by atoms with Crippen LogP contribution in [0, 0.1) is 0 Å². The Morgan fingerprint density at radius 3 is 1.60 bits per heavy atom. The van der Waals surface area contributed by atoms with Gasteiger partial charge in [0.15, 0.2) is 0 Å². The molecule has 0 saturated carbocycles. The second-order valence-corrected chi connectivity index (χ2v) is 3.22. The van der Waals surface area contributed by atoms with Crippen LogP contribution in [-0.4, -0.2) is 27.0 Å². The molecular weight excluding hydrogens is 251 g/mol. The van der Waals surface area contributed by atoms with Gasteiger partial charge in [-0.25, -0.2) is 0 Å². The van der Waals surface area contributed by atoms with Crippen molar-refractivity contribution in [2.75, 3.05) is 0 Å². The smallest absolute Gasteiger partial charge is 0.0964 e. The van der Waals surface area contributed by atoms with Crippen molar-refractivity contribution in [3.63, 3.8) is 0 Å². The van der Waals surface area contributed by atoms with E-state index in [2.05, 4.69) is 34.2 Å². The van der Waals surface area contributed by atoms with Crippen LogP contribution in [0.2, 0.25) is 0 Å². The standard InChI is InChI=1S/C12H8N2.Se/c1-3-9-5-6-10-4-2-8-14-12(10)11(9)13-7-1;/h1-8H;. The van der Waals surface area contributed by atoms with E-state index in [1.54, 1.807) is 12.4 Å². The molecule has 0 bridgehead atoms. The zero-order valence-electron chi connectivity index (χ0n) is 7.92. The number of hydrogen-bond donors (Lipinski definition) is 0. The molecule has 0 amide bonds. The minimum Gasteiger partial charge on any atom is -0.254 e. The van der Waals surface area contributed by atoms with Gasteiger partial charge in [0.1, 0.15) is 0 Å². The molecule has 2 nitrogen and oxygen atoms in total. The predicted octanol–water partition coefficient (Wildman–Crippen LogP) is 2.40. The zero-order valence-corrected chi connectivity index (χ0v) is 9.63. The molecule has 0 N–H and O–H groups in total. The second-order valence-electron chi connectivity index (χ2n) is 3.22. The molecule has 0 unspecified atom stereocenters. The summed E-state index contributed by atoms with van der Waals surface area (Å²) in [7, 11) is 0. The van der Waals surface area contributed by atoms with Crippen LogP contribution in [-0.2, 0) is 0 Å². The summed E-state index contributed by atoms with van der Waals surface area (Å²) in [4.78, 5) is 8.69. The van der Waals surface area contributed by atoms with Crippen LogP contribution < -0.4 is 0 Å². The molecule has 0 atom stereocenters. The van der Waals surface area contributed by atoms with Crippen LogP contribution in [0.1, 0.15) is 0 Å². The molecule has 0 aliphatic heterocycles. The van der Waals surface area contributed by atoms with Crippen molar-refractivity contribution in [2.45, 2.75) is 0 Å². The van der Waals surface area contributed by atoms with E-state index in [9.17, 15) is 0 Å². The Morgan fingerprint density at radius 2 is 1.13 bits per heavy atom. The van der Waals surface area contributed by atoms with Gasteiger partial charge in [-0.15, -0.1) is 0 Å². The zero-order chi connectivity index (χ0) is 9.38. The Balaban J connectivity index is 0.000000853. The first-order valence-electron chi connectivity index (χ1n) is 4.53. The number of hydrogen-bond acceptors (Lipinski definition) is 2. The summed E-state index contributed by atoms with van der Waals surface area (Å²) in [5.74, 6) is 0. The van der Waals surface area contributed by atoms with Crippen LogP contribution in [0.15, 0.2) is 48.8 Å². The number of benzene rings is 1. The maximum absolute atomic E-state index is 4.35. The van der Waals surface area contributed by atoms with E-state index in [0.717, 1.165) is 21.8 Å². The molecule has 0 aliphatic rings. The van der Waals surface area contributed by atoms with E-state index >= 15 is 0 Å². The number of rotatable bonds is 0. The van der Waals surface area contributed by atoms with Crippen molar-refractivity contribution in [1.29, 1.82) is 0 Å². The second kappa shape index (κ2) is 3.97. The van der Waals surface area contributed by atoms with E-state index in [1.165, 1.54) is 0 Å². The van der Waals surface area contributed by atoms with Gasteiger partial charge in [-0.3, -0.25) is 9.97 Å². The van der Waals surface area contributed by atoms with Gasteiger partial charge in [0.25, 0.3) is 0 Å². The first-order chi connectivity index (χ1) is 6.95. The van der Waals surface area contributed by atoms with E-state index in [-0.39, 0.29) is 17.1 Å². The molecule has 1 aromatic carbocycles. The Morgan fingerprint density at radius 1 is 0.667 bits per heavy atom. The summed E-state index contributed by atoms with van der Waals surface area (Å²) in [5.41, 5.74) is 1.95. The van der Waals surface area contributed by atoms with E-state index in [4.69, 9.17) is 0 Å². The molecule has 3 heteroatoms. The third-order valence-corrected chi connectivity index (χ3v) is 2.34. The van der Waals surface area contributed by atoms with Gasteiger partial charge in [0.05, 0.1) is 11.0 Å². The number of pyridine rings is 2. The Labute approximate surface area is 97.8 Å². The van der Waals surface area contributed by atoms with Crippen molar-refractivity contribution >= 4 is 38.9 Å². The predicted molar refractivity (Wildman–Crippen MR) is 62.8 cm³/mol. The molecule has 15 heavy (non-hydrogen) atoms. The molecule has 2 aromatic heterocycles. The fraction of sp³-hybridized carbons (Fsp3) is 0. The molecule has 2 heterocycles. The molecule has 3 aromatic rings. The maximum atomic E-state index is 4.35. The minimum absolute atomic E-state index is 0. The summed E-state index contributed by atoms with van der Waals surface area (Å²) < 4.78 is 0. The SMILES string of the molecule is [Se].c1cnc2c(c1)ccc1cccnc12. The molecule has 72 valence electrons. The molecule has 0 saturated heterocycles. The first-order valence-corrected chi connectivity index (χ1v) is 4.53. The topological polar surface area (TPSA) is 25.8 Å². The van der Waals surface area contributed by atoms with Crippen molar-refractivity contribution in [3.05, 3.63) is 48.8 Å². The number of fused-ring (bicyclic) bond motifs is 3. The van der Waals surface area contributed by atoms with Crippen molar-refractivity contribution in [2.24, 2.45) is 0 Å². The van der Waals surface area contributed by atoms with Gasteiger partial charge in [0, 0.05) is 40.2 Å². The summed E-state index contributed by atoms with van der Waals surface area (Å²) >= 11 is 0. The van der Waals surface area contributed by atoms with Crippen LogP contribution in [0.4, 0.5) is 0 Å². The Bertz CT molecular complexity index is 553. The van der Waals surface area contributed by atoms with Crippen LogP contribution in [0.5, 0.6) is 0 Å². The summed E-state index contributed by atoms with van der Waals surface area (Å²) in [6, 6.07) is 12.1. The number of aromatic nitrogens is 2. The molecule has 2 radical (unpaired) electrons. The van der Waals surface area contributed by atoms with Crippen molar-refractivity contribution in [3.8, 4) is 0 Å². The number of nitrogens with zero attached hydrogens (tertiary/aromatic N) is 2. The van der Waals surface area contributed by atoms with Gasteiger partial charge in [-0.2, -0.15) is 0 Å². The summed E-state index contributed by atoms with van der Waals surface area (Å²) in [6.07, 6.45) is 3.60. The molecule has 0 aliphatic carbocycles. The van der Waals surface area contributed by atoms with E-state index in [0.29, 0.717) is 0 Å². The Hall–Kier alpha value is -1.44. The van der Waals surface area contributed by atoms with E-state index in [1.807, 2.05) is 12.1 Å². The summed E-state index contributed by atoms with van der Waals surface area (Å²) in [6.45, 7) is 0. The molecule has 0 spiro atoms. The van der Waals surface area contributed by atoms with Crippen molar-refractivity contribution in [1.82, 2.24) is 9.97 Å². The maximum Gasteiger partial charge on any atom is 0.0964 e. The quantitative estimate of drug-likeness (QED) is 0.457. The summed E-state index contributed by atoms with van der Waals surface area (Å²) in [5, 5.41) is 2.28. The molecular formula is C12H8N2Se. The third-order valence-electron chi connectivity index (χ3n) is 2.34. The van der Waals surface area contributed by atoms with Crippen LogP contribution >= 0.6 is 0 Å². The fourth-order valence-electron chi connectivity index (χ4n) is 1.68. The van der Waals surface area contributed by atoms with Gasteiger partial charge in [-0.05, 0) is 12.1 Å². The van der Waals surface area contributed by atoms with Gasteiger partial charge in [0.2, 0.25) is 0 Å². The Kier molecular flexibility index (Phi) is 2.67. The largest absolute Gasteiger partial charge is 0.254 e. The average molecular weight is 259 g/mol. The monoisotopic (exact) mass is 260 g/mol. The van der Waals surface area contributed by atoms with Gasteiger partial charge >= 0.3 is 0 Å². The first kappa shape index (κ1) is 10.1. The third kappa shape index (κ3) is 1.60. The normalized spacial score (nSPS) is 10.1. The van der Waals surface area contributed by atoms with Crippen LogP contribution in [0.25, 0.3) is 21.8 Å². The molecule has 3 rings (SSSR count). The van der Waals surface area contributed by atoms with Gasteiger partial charge in [-0.1, -0.05) is 24.3 Å². The van der Waals surface area contributed by atoms with Crippen LogP contribution in [0.3, 0.4) is 0 Å².